The second-order valence-corrected chi connectivity index (χ2v) is 4.31. The van der Waals surface area contributed by atoms with E-state index in [0.717, 1.165) is 16.4 Å². The van der Waals surface area contributed by atoms with E-state index >= 15 is 0 Å². The van der Waals surface area contributed by atoms with Gasteiger partial charge in [-0.05, 0) is 25.4 Å². The smallest absolute Gasteiger partial charge is 0.340 e. The summed E-state index contributed by atoms with van der Waals surface area (Å²) >= 11 is 0.831. The number of rotatable bonds is 2. The summed E-state index contributed by atoms with van der Waals surface area (Å²) in [5.74, 6) is -2.23. The van der Waals surface area contributed by atoms with Gasteiger partial charge in [-0.25, -0.2) is 9.69 Å². The molecule has 0 radical (unpaired) electrons. The summed E-state index contributed by atoms with van der Waals surface area (Å²) in [6, 6.07) is 0. The molecule has 0 unspecified atom stereocenters. The van der Waals surface area contributed by atoms with Gasteiger partial charge >= 0.3 is 5.97 Å². The first-order chi connectivity index (χ1) is 7.93. The molecule has 6 nitrogen and oxygen atoms in total. The zero-order chi connectivity index (χ0) is 12.7. The molecule has 0 atom stereocenters. The van der Waals surface area contributed by atoms with Crippen molar-refractivity contribution in [2.24, 2.45) is 0 Å². The topological polar surface area (TPSA) is 87.6 Å². The highest BCUT2D eigenvalue weighted by Crippen LogP contribution is 2.32. The van der Waals surface area contributed by atoms with E-state index < -0.39 is 17.8 Å². The zero-order valence-electron chi connectivity index (χ0n) is 9.05. The molecule has 0 aromatic carbocycles. The molecule has 0 aliphatic carbocycles. The molecule has 1 aromatic rings. The Bertz CT molecular complexity index is 573. The Morgan fingerprint density at radius 3 is 2.53 bits per heavy atom. The average molecular weight is 252 g/mol. The van der Waals surface area contributed by atoms with Crippen LogP contribution in [0.25, 0.3) is 0 Å². The average Bonchev–Trinajstić information content (AvgIpc) is 2.70. The molecule has 17 heavy (non-hydrogen) atoms. The number of amides is 2. The molecule has 1 aliphatic heterocycles. The van der Waals surface area contributed by atoms with Gasteiger partial charge in [0.1, 0.15) is 10.6 Å². The number of imide groups is 1. The van der Waals surface area contributed by atoms with E-state index in [1.54, 1.807) is 0 Å². The molecular formula is C10H8N2O4S. The molecule has 1 aliphatic rings. The van der Waals surface area contributed by atoms with E-state index in [0.29, 0.717) is 5.69 Å². The molecule has 1 N–H and O–H groups in total. The Hall–Kier alpha value is -2.02. The van der Waals surface area contributed by atoms with Crippen LogP contribution >= 0.6 is 11.5 Å². The Kier molecular flexibility index (Phi) is 2.55. The lowest BCUT2D eigenvalue weighted by Crippen LogP contribution is -2.31. The van der Waals surface area contributed by atoms with E-state index in [1.165, 1.54) is 19.9 Å². The molecule has 2 amide bonds. The number of carboxylic acid groups (broad SMARTS) is 1. The summed E-state index contributed by atoms with van der Waals surface area (Å²) in [5.41, 5.74) is 0.486. The lowest BCUT2D eigenvalue weighted by atomic mass is 10.2. The summed E-state index contributed by atoms with van der Waals surface area (Å²) in [7, 11) is 0. The molecule has 0 spiro atoms. The lowest BCUT2D eigenvalue weighted by molar-refractivity contribution is -0.120. The van der Waals surface area contributed by atoms with Crippen molar-refractivity contribution >= 4 is 34.3 Å². The lowest BCUT2D eigenvalue weighted by Gasteiger charge is -2.12. The van der Waals surface area contributed by atoms with Crippen LogP contribution in [0.5, 0.6) is 0 Å². The fourth-order valence-corrected chi connectivity index (χ4v) is 2.43. The molecule has 2 rings (SSSR count). The van der Waals surface area contributed by atoms with Crippen molar-refractivity contribution in [1.82, 2.24) is 4.37 Å². The maximum atomic E-state index is 11.7. The molecule has 0 saturated heterocycles. The van der Waals surface area contributed by atoms with Crippen molar-refractivity contribution in [2.45, 2.75) is 13.8 Å². The van der Waals surface area contributed by atoms with E-state index in [-0.39, 0.29) is 16.1 Å². The predicted molar refractivity (Wildman–Crippen MR) is 60.1 cm³/mol. The highest BCUT2D eigenvalue weighted by atomic mass is 32.1. The number of carbonyl (C=O) groups excluding carboxylic acids is 2. The minimum Gasteiger partial charge on any atom is -0.478 e. The number of anilines is 1. The van der Waals surface area contributed by atoms with Crippen LogP contribution in [0.4, 0.5) is 5.00 Å². The number of nitrogens with zero attached hydrogens (tertiary/aromatic N) is 2. The predicted octanol–water partition coefficient (Wildman–Crippen LogP) is 0.969. The van der Waals surface area contributed by atoms with Gasteiger partial charge in [0.15, 0.2) is 0 Å². The normalized spacial score (nSPS) is 15.4. The van der Waals surface area contributed by atoms with Gasteiger partial charge in [0, 0.05) is 11.6 Å². The largest absolute Gasteiger partial charge is 0.478 e. The van der Waals surface area contributed by atoms with Gasteiger partial charge in [-0.15, -0.1) is 0 Å². The molecule has 0 bridgehead atoms. The molecular weight excluding hydrogens is 244 g/mol. The van der Waals surface area contributed by atoms with Gasteiger partial charge in [0.2, 0.25) is 0 Å². The van der Waals surface area contributed by atoms with Gasteiger partial charge < -0.3 is 5.11 Å². The summed E-state index contributed by atoms with van der Waals surface area (Å²) < 4.78 is 3.87. The zero-order valence-corrected chi connectivity index (χ0v) is 9.87. The minimum absolute atomic E-state index is 0.0677. The third kappa shape index (κ3) is 1.64. The number of aryl methyl sites for hydroxylation is 1. The SMILES string of the molecule is CC1=CC(=O)N(c2snc(C)c2C(=O)O)C1=O. The van der Waals surface area contributed by atoms with E-state index in [1.807, 2.05) is 0 Å². The molecule has 2 heterocycles. The monoisotopic (exact) mass is 252 g/mol. The molecule has 0 fully saturated rings. The van der Waals surface area contributed by atoms with Crippen LogP contribution < -0.4 is 4.90 Å². The van der Waals surface area contributed by atoms with Crippen LogP contribution in [-0.2, 0) is 9.59 Å². The molecule has 88 valence electrons. The van der Waals surface area contributed by atoms with Gasteiger partial charge in [-0.2, -0.15) is 4.37 Å². The minimum atomic E-state index is -1.20. The van der Waals surface area contributed by atoms with Crippen molar-refractivity contribution in [3.8, 4) is 0 Å². The second kappa shape index (κ2) is 3.77. The van der Waals surface area contributed by atoms with Gasteiger partial charge in [0.25, 0.3) is 11.8 Å². The summed E-state index contributed by atoms with van der Waals surface area (Å²) in [4.78, 5) is 35.2. The van der Waals surface area contributed by atoms with Gasteiger partial charge in [0.05, 0.1) is 5.69 Å². The highest BCUT2D eigenvalue weighted by Gasteiger charge is 2.35. The van der Waals surface area contributed by atoms with E-state index in [2.05, 4.69) is 4.37 Å². The Morgan fingerprint density at radius 2 is 2.06 bits per heavy atom. The summed E-state index contributed by atoms with van der Waals surface area (Å²) in [5, 5.41) is 9.10. The number of hydrogen-bond donors (Lipinski definition) is 1. The third-order valence-electron chi connectivity index (χ3n) is 2.36. The number of hydrogen-bond acceptors (Lipinski definition) is 5. The van der Waals surface area contributed by atoms with Crippen LogP contribution in [0.15, 0.2) is 11.6 Å². The van der Waals surface area contributed by atoms with Crippen molar-refractivity contribution in [2.75, 3.05) is 4.90 Å². The first-order valence-electron chi connectivity index (χ1n) is 4.69. The molecule has 1 aromatic heterocycles. The van der Waals surface area contributed by atoms with Crippen LogP contribution in [0.1, 0.15) is 23.0 Å². The first-order valence-corrected chi connectivity index (χ1v) is 5.47. The van der Waals surface area contributed by atoms with Gasteiger partial charge in [-0.1, -0.05) is 0 Å². The standard InChI is InChI=1S/C10H8N2O4S/c1-4-3-6(13)12(8(4)14)9-7(10(15)16)5(2)11-17-9/h3H,1-2H3,(H,15,16). The summed E-state index contributed by atoms with van der Waals surface area (Å²) in [6.45, 7) is 3.03. The Labute approximate surface area is 100 Å². The summed E-state index contributed by atoms with van der Waals surface area (Å²) in [6.07, 6.45) is 1.18. The number of aromatic nitrogens is 1. The third-order valence-corrected chi connectivity index (χ3v) is 3.29. The van der Waals surface area contributed by atoms with E-state index in [9.17, 15) is 14.4 Å². The quantitative estimate of drug-likeness (QED) is 0.792. The highest BCUT2D eigenvalue weighted by molar-refractivity contribution is 7.11. The first kappa shape index (κ1) is 11.5. The maximum absolute atomic E-state index is 11.7. The second-order valence-electron chi connectivity index (χ2n) is 3.56. The number of aromatic carboxylic acids is 1. The molecule has 7 heteroatoms. The van der Waals surface area contributed by atoms with Gasteiger partial charge in [-0.3, -0.25) is 9.59 Å². The van der Waals surface area contributed by atoms with Crippen molar-refractivity contribution in [1.29, 1.82) is 0 Å². The fraction of sp³-hybridized carbons (Fsp3) is 0.200. The number of carboxylic acids is 1. The Balaban J connectivity index is 2.53. The van der Waals surface area contributed by atoms with Crippen molar-refractivity contribution in [3.63, 3.8) is 0 Å². The van der Waals surface area contributed by atoms with Crippen molar-refractivity contribution in [3.05, 3.63) is 22.9 Å². The van der Waals surface area contributed by atoms with Crippen LogP contribution in [0.3, 0.4) is 0 Å². The number of carbonyl (C=O) groups is 3. The Morgan fingerprint density at radius 1 is 1.41 bits per heavy atom. The molecule has 0 saturated carbocycles. The van der Waals surface area contributed by atoms with Crippen molar-refractivity contribution < 1.29 is 19.5 Å². The van der Waals surface area contributed by atoms with E-state index in [4.69, 9.17) is 5.11 Å². The maximum Gasteiger partial charge on any atom is 0.340 e. The fourth-order valence-electron chi connectivity index (χ4n) is 1.54. The van der Waals surface area contributed by atoms with Crippen LogP contribution in [-0.4, -0.2) is 27.3 Å². The van der Waals surface area contributed by atoms with Crippen LogP contribution in [0.2, 0.25) is 0 Å². The van der Waals surface area contributed by atoms with Crippen LogP contribution in [0, 0.1) is 6.92 Å².